The molecule has 3 N–H and O–H groups in total. The van der Waals surface area contributed by atoms with E-state index in [1.165, 1.54) is 4.90 Å². The summed E-state index contributed by atoms with van der Waals surface area (Å²) >= 11 is 0. The van der Waals surface area contributed by atoms with Crippen LogP contribution in [0.15, 0.2) is 72.8 Å². The molecule has 1 aliphatic heterocycles. The van der Waals surface area contributed by atoms with Crippen molar-refractivity contribution in [1.29, 1.82) is 0 Å². The fraction of sp³-hybridized carbons (Fsp3) is 0.241. The molecule has 194 valence electrons. The highest BCUT2D eigenvalue weighted by Gasteiger charge is 2.30. The molecule has 9 nitrogen and oxygen atoms in total. The van der Waals surface area contributed by atoms with Gasteiger partial charge >= 0.3 is 5.97 Å². The predicted octanol–water partition coefficient (Wildman–Crippen LogP) is 4.65. The maximum atomic E-state index is 13.1. The zero-order valence-electron chi connectivity index (χ0n) is 21.1. The second-order valence-electron chi connectivity index (χ2n) is 9.55. The van der Waals surface area contributed by atoms with Crippen molar-refractivity contribution in [2.45, 2.75) is 31.7 Å². The third kappa shape index (κ3) is 5.51. The van der Waals surface area contributed by atoms with Crippen LogP contribution in [0.2, 0.25) is 0 Å². The number of fused-ring (bicyclic) bond motifs is 2. The highest BCUT2D eigenvalue weighted by Crippen LogP contribution is 2.36. The standard InChI is InChI=1S/C29H29N5O4/c1-33(17-19-10-13-21(14-11-19)30-29-31-23-7-3-4-8-24(23)32-29)27(36)18-34-25-9-5-2-6-22(25)20(16-28(37)38)12-15-26(34)35/h2-11,13-14,20H,12,15-18H2,1H3,(H,37,38)(H2,30,31,32). The van der Waals surface area contributed by atoms with Crippen LogP contribution in [-0.2, 0) is 20.9 Å². The van der Waals surface area contributed by atoms with Crippen molar-refractivity contribution in [3.05, 3.63) is 83.9 Å². The minimum Gasteiger partial charge on any atom is -0.481 e. The van der Waals surface area contributed by atoms with Gasteiger partial charge in [0.15, 0.2) is 0 Å². The molecular weight excluding hydrogens is 482 g/mol. The number of para-hydroxylation sites is 3. The Labute approximate surface area is 220 Å². The van der Waals surface area contributed by atoms with E-state index >= 15 is 0 Å². The van der Waals surface area contributed by atoms with Crippen LogP contribution >= 0.6 is 0 Å². The Kier molecular flexibility index (Phi) is 7.08. The zero-order chi connectivity index (χ0) is 26.6. The molecule has 38 heavy (non-hydrogen) atoms. The van der Waals surface area contributed by atoms with Crippen molar-refractivity contribution < 1.29 is 19.5 Å². The number of carbonyl (C=O) groups excluding carboxylic acids is 2. The smallest absolute Gasteiger partial charge is 0.303 e. The number of likely N-dealkylation sites (N-methyl/N-ethyl adjacent to an activating group) is 1. The summed E-state index contributed by atoms with van der Waals surface area (Å²) in [5, 5.41) is 12.6. The summed E-state index contributed by atoms with van der Waals surface area (Å²) in [5.74, 6) is -0.890. The van der Waals surface area contributed by atoms with Crippen LogP contribution in [0.4, 0.5) is 17.3 Å². The average molecular weight is 512 g/mol. The number of nitrogens with one attached hydrogen (secondary N) is 2. The molecule has 4 aromatic rings. The van der Waals surface area contributed by atoms with Gasteiger partial charge in [0.1, 0.15) is 6.54 Å². The number of anilines is 3. The quantitative estimate of drug-likeness (QED) is 0.317. The summed E-state index contributed by atoms with van der Waals surface area (Å²) in [4.78, 5) is 48.3. The number of carboxylic acid groups (broad SMARTS) is 1. The number of hydrogen-bond donors (Lipinski definition) is 3. The van der Waals surface area contributed by atoms with E-state index in [0.717, 1.165) is 27.8 Å². The minimum atomic E-state index is -0.902. The number of imidazole rings is 1. The topological polar surface area (TPSA) is 119 Å². The first-order valence-corrected chi connectivity index (χ1v) is 12.5. The van der Waals surface area contributed by atoms with Crippen LogP contribution in [0.1, 0.15) is 36.3 Å². The first-order valence-electron chi connectivity index (χ1n) is 12.5. The van der Waals surface area contributed by atoms with E-state index in [1.54, 1.807) is 24.1 Å². The number of aromatic nitrogens is 2. The van der Waals surface area contributed by atoms with Gasteiger partial charge in [0, 0.05) is 31.4 Å². The molecule has 0 saturated heterocycles. The number of hydrogen-bond acceptors (Lipinski definition) is 5. The van der Waals surface area contributed by atoms with Gasteiger partial charge < -0.3 is 25.2 Å². The lowest BCUT2D eigenvalue weighted by molar-refractivity contribution is -0.137. The van der Waals surface area contributed by atoms with Crippen molar-refractivity contribution in [1.82, 2.24) is 14.9 Å². The Morgan fingerprint density at radius 2 is 1.82 bits per heavy atom. The van der Waals surface area contributed by atoms with E-state index in [2.05, 4.69) is 15.3 Å². The number of aromatic amines is 1. The molecule has 5 rings (SSSR count). The maximum Gasteiger partial charge on any atom is 0.303 e. The Hall–Kier alpha value is -4.66. The molecule has 0 radical (unpaired) electrons. The fourth-order valence-electron chi connectivity index (χ4n) is 4.86. The van der Waals surface area contributed by atoms with E-state index < -0.39 is 5.97 Å². The molecule has 0 saturated carbocycles. The summed E-state index contributed by atoms with van der Waals surface area (Å²) in [6.07, 6.45) is 0.591. The summed E-state index contributed by atoms with van der Waals surface area (Å²) in [7, 11) is 1.71. The fourth-order valence-corrected chi connectivity index (χ4v) is 4.86. The first-order chi connectivity index (χ1) is 18.4. The normalized spacial score (nSPS) is 15.1. The van der Waals surface area contributed by atoms with Gasteiger partial charge in [0.2, 0.25) is 17.8 Å². The third-order valence-electron chi connectivity index (χ3n) is 6.84. The Morgan fingerprint density at radius 3 is 2.58 bits per heavy atom. The molecule has 3 aromatic carbocycles. The van der Waals surface area contributed by atoms with Gasteiger partial charge in [-0.3, -0.25) is 14.4 Å². The Bertz CT molecular complexity index is 1450. The van der Waals surface area contributed by atoms with E-state index in [1.807, 2.05) is 60.7 Å². The second-order valence-corrected chi connectivity index (χ2v) is 9.55. The molecular formula is C29H29N5O4. The number of carboxylic acids is 1. The number of rotatable bonds is 8. The summed E-state index contributed by atoms with van der Waals surface area (Å²) in [6.45, 7) is 0.285. The molecule has 0 spiro atoms. The number of carbonyl (C=O) groups is 3. The molecule has 1 atom stereocenters. The molecule has 2 heterocycles. The third-order valence-corrected chi connectivity index (χ3v) is 6.84. The number of aliphatic carboxylic acids is 1. The average Bonchev–Trinajstić information content (AvgIpc) is 3.27. The molecule has 0 bridgehead atoms. The van der Waals surface area contributed by atoms with E-state index in [-0.39, 0.29) is 37.1 Å². The van der Waals surface area contributed by atoms with Gasteiger partial charge in [-0.15, -0.1) is 0 Å². The van der Waals surface area contributed by atoms with Crippen LogP contribution in [-0.4, -0.2) is 51.4 Å². The highest BCUT2D eigenvalue weighted by atomic mass is 16.4. The van der Waals surface area contributed by atoms with Crippen LogP contribution in [0.5, 0.6) is 0 Å². The van der Waals surface area contributed by atoms with Gasteiger partial charge in [0.05, 0.1) is 17.5 Å². The first kappa shape index (κ1) is 25.0. The minimum absolute atomic E-state index is 0.0484. The molecule has 1 unspecified atom stereocenters. The summed E-state index contributed by atoms with van der Waals surface area (Å²) in [5.41, 5.74) is 5.06. The Morgan fingerprint density at radius 1 is 1.08 bits per heavy atom. The molecule has 9 heteroatoms. The Balaban J connectivity index is 1.24. The maximum absolute atomic E-state index is 13.1. The summed E-state index contributed by atoms with van der Waals surface area (Å²) in [6, 6.07) is 22.8. The largest absolute Gasteiger partial charge is 0.481 e. The van der Waals surface area contributed by atoms with E-state index in [0.29, 0.717) is 24.6 Å². The van der Waals surface area contributed by atoms with Gasteiger partial charge in [-0.25, -0.2) is 4.98 Å². The van der Waals surface area contributed by atoms with Gasteiger partial charge in [0.25, 0.3) is 0 Å². The number of benzene rings is 3. The summed E-state index contributed by atoms with van der Waals surface area (Å²) < 4.78 is 0. The van der Waals surface area contributed by atoms with Crippen molar-refractivity contribution >= 4 is 46.1 Å². The number of H-pyrrole nitrogens is 1. The molecule has 0 fully saturated rings. The van der Waals surface area contributed by atoms with Gasteiger partial charge in [-0.2, -0.15) is 0 Å². The van der Waals surface area contributed by atoms with Crippen LogP contribution in [0.25, 0.3) is 11.0 Å². The van der Waals surface area contributed by atoms with Crippen molar-refractivity contribution in [3.8, 4) is 0 Å². The lowest BCUT2D eigenvalue weighted by atomic mass is 9.91. The van der Waals surface area contributed by atoms with Gasteiger partial charge in [-0.05, 0) is 53.8 Å². The van der Waals surface area contributed by atoms with E-state index in [4.69, 9.17) is 0 Å². The molecule has 2 amide bonds. The van der Waals surface area contributed by atoms with Crippen LogP contribution in [0.3, 0.4) is 0 Å². The zero-order valence-corrected chi connectivity index (χ0v) is 21.1. The lowest BCUT2D eigenvalue weighted by Crippen LogP contribution is -2.41. The molecule has 1 aromatic heterocycles. The molecule has 0 aliphatic carbocycles. The SMILES string of the molecule is CN(Cc1ccc(Nc2nc3ccccc3[nH]2)cc1)C(=O)CN1C(=O)CCC(CC(=O)O)c2ccccc21. The highest BCUT2D eigenvalue weighted by molar-refractivity contribution is 6.00. The van der Waals surface area contributed by atoms with Gasteiger partial charge in [-0.1, -0.05) is 42.5 Å². The second kappa shape index (κ2) is 10.8. The van der Waals surface area contributed by atoms with Crippen molar-refractivity contribution in [3.63, 3.8) is 0 Å². The van der Waals surface area contributed by atoms with E-state index in [9.17, 15) is 19.5 Å². The predicted molar refractivity (Wildman–Crippen MR) is 145 cm³/mol. The van der Waals surface area contributed by atoms with Crippen molar-refractivity contribution in [2.24, 2.45) is 0 Å². The van der Waals surface area contributed by atoms with Crippen LogP contribution < -0.4 is 10.2 Å². The molecule has 1 aliphatic rings. The number of amides is 2. The van der Waals surface area contributed by atoms with Crippen molar-refractivity contribution in [2.75, 3.05) is 23.8 Å². The lowest BCUT2D eigenvalue weighted by Gasteiger charge is -2.26. The van der Waals surface area contributed by atoms with Crippen LogP contribution in [0, 0.1) is 0 Å². The monoisotopic (exact) mass is 511 g/mol. The number of nitrogens with zero attached hydrogens (tertiary/aromatic N) is 3.